The van der Waals surface area contributed by atoms with Crippen LogP contribution in [0.4, 0.5) is 0 Å². The highest BCUT2D eigenvalue weighted by molar-refractivity contribution is 5.70. The van der Waals surface area contributed by atoms with E-state index in [2.05, 4.69) is 48.5 Å². The van der Waals surface area contributed by atoms with E-state index in [0.29, 0.717) is 6.61 Å². The van der Waals surface area contributed by atoms with Gasteiger partial charge in [-0.05, 0) is 98.4 Å². The molecule has 0 heterocycles. The summed E-state index contributed by atoms with van der Waals surface area (Å²) in [5.41, 5.74) is 4.39. The molecular weight excluding hydrogens is 400 g/mol. The van der Waals surface area contributed by atoms with Gasteiger partial charge < -0.3 is 14.6 Å². The number of carboxylic acid groups (broad SMARTS) is 1. The molecule has 0 aromatic heterocycles. The molecule has 0 aliphatic heterocycles. The molecule has 4 nitrogen and oxygen atoms in total. The molecule has 4 heteroatoms. The van der Waals surface area contributed by atoms with Crippen molar-refractivity contribution in [2.75, 3.05) is 19.8 Å². The van der Waals surface area contributed by atoms with Gasteiger partial charge in [0.1, 0.15) is 5.75 Å². The summed E-state index contributed by atoms with van der Waals surface area (Å²) < 4.78 is 11.8. The van der Waals surface area contributed by atoms with Crippen LogP contribution in [-0.2, 0) is 27.8 Å². The fourth-order valence-electron chi connectivity index (χ4n) is 5.42. The van der Waals surface area contributed by atoms with Crippen molar-refractivity contribution in [3.05, 3.63) is 65.2 Å². The third-order valence-corrected chi connectivity index (χ3v) is 7.37. The van der Waals surface area contributed by atoms with E-state index in [1.165, 1.54) is 16.7 Å². The van der Waals surface area contributed by atoms with Gasteiger partial charge in [0, 0.05) is 13.2 Å². The molecule has 4 rings (SSSR count). The lowest BCUT2D eigenvalue weighted by Crippen LogP contribution is -2.32. The maximum atomic E-state index is 11.3. The van der Waals surface area contributed by atoms with Crippen molar-refractivity contribution in [2.45, 2.75) is 69.6 Å². The van der Waals surface area contributed by atoms with Gasteiger partial charge in [-0.25, -0.2) is 0 Å². The van der Waals surface area contributed by atoms with Crippen molar-refractivity contribution in [3.8, 4) is 5.75 Å². The van der Waals surface area contributed by atoms with Crippen LogP contribution in [-0.4, -0.2) is 30.9 Å². The number of carbonyl (C=O) groups is 1. The SMILES string of the molecule is O=C(O)C1CCC2(CCc3ccc(OCCCCOCCCc4ccccc4)cc32)CC1. The van der Waals surface area contributed by atoms with E-state index >= 15 is 0 Å². The number of unbranched alkanes of at least 4 members (excludes halogenated alkanes) is 1. The molecule has 172 valence electrons. The number of carboxylic acids is 1. The molecule has 0 unspecified atom stereocenters. The predicted molar refractivity (Wildman–Crippen MR) is 126 cm³/mol. The summed E-state index contributed by atoms with van der Waals surface area (Å²) in [6.07, 6.45) is 9.96. The number of ether oxygens (including phenoxy) is 2. The molecular formula is C28H36O4. The normalized spacial score (nSPS) is 22.1. The Bertz CT molecular complexity index is 868. The molecule has 0 radical (unpaired) electrons. The molecule has 1 fully saturated rings. The van der Waals surface area contributed by atoms with Crippen LogP contribution in [0.1, 0.15) is 68.1 Å². The first kappa shape index (κ1) is 22.8. The highest BCUT2D eigenvalue weighted by Gasteiger charge is 2.42. The Morgan fingerprint density at radius 3 is 2.47 bits per heavy atom. The lowest BCUT2D eigenvalue weighted by molar-refractivity contribution is -0.143. The zero-order valence-corrected chi connectivity index (χ0v) is 19.1. The van der Waals surface area contributed by atoms with Crippen LogP contribution in [0.2, 0.25) is 0 Å². The number of fused-ring (bicyclic) bond motifs is 2. The molecule has 2 aromatic rings. The molecule has 0 amide bonds. The molecule has 1 saturated carbocycles. The number of aryl methyl sites for hydroxylation is 2. The van der Waals surface area contributed by atoms with Crippen LogP contribution in [0.25, 0.3) is 0 Å². The second kappa shape index (κ2) is 11.0. The van der Waals surface area contributed by atoms with Crippen LogP contribution in [0, 0.1) is 5.92 Å². The summed E-state index contributed by atoms with van der Waals surface area (Å²) in [6.45, 7) is 2.31. The third kappa shape index (κ3) is 5.72. The minimum Gasteiger partial charge on any atom is -0.494 e. The molecule has 0 saturated heterocycles. The van der Waals surface area contributed by atoms with Crippen molar-refractivity contribution in [3.63, 3.8) is 0 Å². The number of hydrogen-bond acceptors (Lipinski definition) is 3. The first-order valence-electron chi connectivity index (χ1n) is 12.3. The molecule has 0 atom stereocenters. The lowest BCUT2D eigenvalue weighted by atomic mass is 9.67. The highest BCUT2D eigenvalue weighted by atomic mass is 16.5. The van der Waals surface area contributed by atoms with Gasteiger partial charge in [0.05, 0.1) is 12.5 Å². The monoisotopic (exact) mass is 436 g/mol. The van der Waals surface area contributed by atoms with Gasteiger partial charge in [0.25, 0.3) is 0 Å². The molecule has 1 N–H and O–H groups in total. The van der Waals surface area contributed by atoms with Gasteiger partial charge in [0.2, 0.25) is 0 Å². The number of hydrogen-bond donors (Lipinski definition) is 1. The highest BCUT2D eigenvalue weighted by Crippen LogP contribution is 2.50. The standard InChI is InChI=1S/C28H36O4/c29-27(30)24-13-16-28(17-14-24)15-12-23-10-11-25(21-26(23)28)32-20-5-4-18-31-19-6-9-22-7-2-1-3-8-22/h1-3,7-8,10-11,21,24H,4-6,9,12-20H2,(H,29,30). The second-order valence-electron chi connectivity index (χ2n) is 9.47. The smallest absolute Gasteiger partial charge is 0.306 e. The molecule has 1 spiro atoms. The number of benzene rings is 2. The van der Waals surface area contributed by atoms with Crippen LogP contribution < -0.4 is 4.74 Å². The zero-order chi connectivity index (χ0) is 22.2. The first-order valence-corrected chi connectivity index (χ1v) is 12.3. The Balaban J connectivity index is 1.14. The molecule has 32 heavy (non-hydrogen) atoms. The van der Waals surface area contributed by atoms with E-state index in [1.54, 1.807) is 0 Å². The van der Waals surface area contributed by atoms with Crippen LogP contribution in [0.3, 0.4) is 0 Å². The fourth-order valence-corrected chi connectivity index (χ4v) is 5.42. The Morgan fingerprint density at radius 2 is 1.69 bits per heavy atom. The van der Waals surface area contributed by atoms with Crippen LogP contribution >= 0.6 is 0 Å². The van der Waals surface area contributed by atoms with E-state index < -0.39 is 5.97 Å². The summed E-state index contributed by atoms with van der Waals surface area (Å²) >= 11 is 0. The largest absolute Gasteiger partial charge is 0.494 e. The molecule has 2 aliphatic rings. The van der Waals surface area contributed by atoms with Gasteiger partial charge in [-0.15, -0.1) is 0 Å². The van der Waals surface area contributed by atoms with Crippen molar-refractivity contribution in [1.29, 1.82) is 0 Å². The quantitative estimate of drug-likeness (QED) is 0.442. The zero-order valence-electron chi connectivity index (χ0n) is 19.1. The number of rotatable bonds is 11. The van der Waals surface area contributed by atoms with Gasteiger partial charge in [-0.1, -0.05) is 36.4 Å². The maximum absolute atomic E-state index is 11.3. The van der Waals surface area contributed by atoms with Crippen molar-refractivity contribution < 1.29 is 19.4 Å². The summed E-state index contributed by atoms with van der Waals surface area (Å²) in [5, 5.41) is 9.33. The molecule has 2 aromatic carbocycles. The summed E-state index contributed by atoms with van der Waals surface area (Å²) in [6, 6.07) is 17.1. The molecule has 2 aliphatic carbocycles. The van der Waals surface area contributed by atoms with Crippen molar-refractivity contribution in [1.82, 2.24) is 0 Å². The predicted octanol–water partition coefficient (Wildman–Crippen LogP) is 5.95. The van der Waals surface area contributed by atoms with Gasteiger partial charge >= 0.3 is 5.97 Å². The minimum absolute atomic E-state index is 0.162. The average Bonchev–Trinajstić information content (AvgIpc) is 3.16. The first-order chi connectivity index (χ1) is 15.7. The fraction of sp³-hybridized carbons (Fsp3) is 0.536. The van der Waals surface area contributed by atoms with E-state index in [0.717, 1.165) is 83.2 Å². The average molecular weight is 437 g/mol. The Labute approximate surface area is 191 Å². The minimum atomic E-state index is -0.629. The third-order valence-electron chi connectivity index (χ3n) is 7.37. The Morgan fingerprint density at radius 1 is 0.938 bits per heavy atom. The Hall–Kier alpha value is -2.33. The summed E-state index contributed by atoms with van der Waals surface area (Å²) in [4.78, 5) is 11.3. The topological polar surface area (TPSA) is 55.8 Å². The van der Waals surface area contributed by atoms with E-state index in [4.69, 9.17) is 9.47 Å². The second-order valence-corrected chi connectivity index (χ2v) is 9.47. The summed E-state index contributed by atoms with van der Waals surface area (Å²) in [7, 11) is 0. The van der Waals surface area contributed by atoms with Gasteiger partial charge in [-0.3, -0.25) is 4.79 Å². The van der Waals surface area contributed by atoms with Crippen molar-refractivity contribution >= 4 is 5.97 Å². The Kier molecular flexibility index (Phi) is 7.85. The van der Waals surface area contributed by atoms with Gasteiger partial charge in [0.15, 0.2) is 0 Å². The van der Waals surface area contributed by atoms with Crippen molar-refractivity contribution in [2.24, 2.45) is 5.92 Å². The van der Waals surface area contributed by atoms with Crippen LogP contribution in [0.15, 0.2) is 48.5 Å². The summed E-state index contributed by atoms with van der Waals surface area (Å²) in [5.74, 6) is 0.161. The number of aliphatic carboxylic acids is 1. The lowest BCUT2D eigenvalue weighted by Gasteiger charge is -2.37. The van der Waals surface area contributed by atoms with Gasteiger partial charge in [-0.2, -0.15) is 0 Å². The van der Waals surface area contributed by atoms with E-state index in [1.807, 2.05) is 0 Å². The molecule has 0 bridgehead atoms. The maximum Gasteiger partial charge on any atom is 0.306 e. The van der Waals surface area contributed by atoms with Crippen LogP contribution in [0.5, 0.6) is 5.75 Å². The van der Waals surface area contributed by atoms with E-state index in [-0.39, 0.29) is 11.3 Å². The van der Waals surface area contributed by atoms with E-state index in [9.17, 15) is 9.90 Å².